The summed E-state index contributed by atoms with van der Waals surface area (Å²) in [5.74, 6) is -0.740. The highest BCUT2D eigenvalue weighted by Gasteiger charge is 2.14. The topological polar surface area (TPSA) is 32.3 Å². The number of aryl methyl sites for hydroxylation is 1. The number of nitrogens with one attached hydrogen (secondary N) is 1. The van der Waals surface area contributed by atoms with Gasteiger partial charge in [0, 0.05) is 13.1 Å². The summed E-state index contributed by atoms with van der Waals surface area (Å²) in [5, 5.41) is 2.79. The average Bonchev–Trinajstić information content (AvgIpc) is 2.43. The number of hydrogen-bond acceptors (Lipinski definition) is 2. The monoisotopic (exact) mass is 264 g/mol. The van der Waals surface area contributed by atoms with Gasteiger partial charge in [0.1, 0.15) is 5.82 Å². The molecule has 1 aromatic rings. The molecule has 0 unspecified atom stereocenters. The molecule has 0 aliphatic carbocycles. The molecule has 3 nitrogen and oxygen atoms in total. The van der Waals surface area contributed by atoms with Gasteiger partial charge in [-0.25, -0.2) is 4.39 Å². The van der Waals surface area contributed by atoms with Crippen LogP contribution in [0.15, 0.2) is 18.2 Å². The molecule has 4 heteroatoms. The van der Waals surface area contributed by atoms with Crippen LogP contribution in [0.5, 0.6) is 0 Å². The van der Waals surface area contributed by atoms with Crippen LogP contribution in [0, 0.1) is 12.7 Å². The summed E-state index contributed by atoms with van der Waals surface area (Å²) in [4.78, 5) is 14.2. The van der Waals surface area contributed by atoms with E-state index >= 15 is 0 Å². The molecule has 104 valence electrons. The van der Waals surface area contributed by atoms with Crippen molar-refractivity contribution in [3.05, 3.63) is 35.1 Å². The molecule has 0 radical (unpaired) electrons. The van der Waals surface area contributed by atoms with E-state index in [1.165, 1.54) is 25.3 Å². The Morgan fingerprint density at radius 2 is 2.05 bits per heavy atom. The Kier molecular flexibility index (Phi) is 4.91. The van der Waals surface area contributed by atoms with Crippen LogP contribution in [-0.4, -0.2) is 37.0 Å². The molecule has 19 heavy (non-hydrogen) atoms. The van der Waals surface area contributed by atoms with E-state index in [1.54, 1.807) is 19.1 Å². The Morgan fingerprint density at radius 1 is 1.32 bits per heavy atom. The van der Waals surface area contributed by atoms with E-state index in [9.17, 15) is 9.18 Å². The van der Waals surface area contributed by atoms with Gasteiger partial charge in [0.2, 0.25) is 0 Å². The van der Waals surface area contributed by atoms with Gasteiger partial charge in [-0.1, -0.05) is 18.6 Å². The number of hydrogen-bond donors (Lipinski definition) is 1. The second kappa shape index (κ2) is 6.66. The van der Waals surface area contributed by atoms with E-state index in [1.807, 2.05) is 0 Å². The molecule has 0 spiro atoms. The number of carbonyl (C=O) groups is 1. The first kappa shape index (κ1) is 14.0. The fourth-order valence-electron chi connectivity index (χ4n) is 2.43. The number of piperidine rings is 1. The van der Waals surface area contributed by atoms with Gasteiger partial charge in [0.15, 0.2) is 0 Å². The lowest BCUT2D eigenvalue weighted by atomic mass is 10.1. The third-order valence-corrected chi connectivity index (χ3v) is 3.60. The molecule has 0 bridgehead atoms. The SMILES string of the molecule is Cc1cccc(C(=O)NCCN2CCCCC2)c1F. The molecule has 0 saturated carbocycles. The summed E-state index contributed by atoms with van der Waals surface area (Å²) in [6.07, 6.45) is 3.78. The van der Waals surface area contributed by atoms with E-state index < -0.39 is 5.82 Å². The largest absolute Gasteiger partial charge is 0.351 e. The maximum atomic E-state index is 13.8. The zero-order valence-electron chi connectivity index (χ0n) is 11.4. The van der Waals surface area contributed by atoms with E-state index in [-0.39, 0.29) is 11.5 Å². The van der Waals surface area contributed by atoms with E-state index in [0.29, 0.717) is 12.1 Å². The van der Waals surface area contributed by atoms with Crippen LogP contribution in [0.25, 0.3) is 0 Å². The Hall–Kier alpha value is -1.42. The molecule has 1 heterocycles. The number of benzene rings is 1. The Labute approximate surface area is 113 Å². The van der Waals surface area contributed by atoms with Gasteiger partial charge in [-0.05, 0) is 44.5 Å². The normalized spacial score (nSPS) is 16.3. The molecule has 0 aromatic heterocycles. The lowest BCUT2D eigenvalue weighted by molar-refractivity contribution is 0.0942. The lowest BCUT2D eigenvalue weighted by Crippen LogP contribution is -2.37. The van der Waals surface area contributed by atoms with Crippen LogP contribution >= 0.6 is 0 Å². The fraction of sp³-hybridized carbons (Fsp3) is 0.533. The second-order valence-corrected chi connectivity index (χ2v) is 5.09. The minimum Gasteiger partial charge on any atom is -0.351 e. The first-order valence-electron chi connectivity index (χ1n) is 6.94. The molecule has 2 rings (SSSR count). The van der Waals surface area contributed by atoms with Gasteiger partial charge in [0.05, 0.1) is 5.56 Å². The van der Waals surface area contributed by atoms with Gasteiger partial charge < -0.3 is 10.2 Å². The Balaban J connectivity index is 1.82. The van der Waals surface area contributed by atoms with Gasteiger partial charge in [-0.3, -0.25) is 4.79 Å². The minimum atomic E-state index is -0.419. The molecule has 0 atom stereocenters. The molecular weight excluding hydrogens is 243 g/mol. The average molecular weight is 264 g/mol. The summed E-state index contributed by atoms with van der Waals surface area (Å²) in [6, 6.07) is 4.90. The van der Waals surface area contributed by atoms with Crippen molar-refractivity contribution in [3.63, 3.8) is 0 Å². The van der Waals surface area contributed by atoms with Crippen LogP contribution in [0.3, 0.4) is 0 Å². The summed E-state index contributed by atoms with van der Waals surface area (Å²) in [7, 11) is 0. The van der Waals surface area contributed by atoms with E-state index in [2.05, 4.69) is 10.2 Å². The zero-order valence-corrected chi connectivity index (χ0v) is 11.4. The Bertz CT molecular complexity index is 442. The van der Waals surface area contributed by atoms with Crippen molar-refractivity contribution in [2.45, 2.75) is 26.2 Å². The molecule has 1 aromatic carbocycles. The summed E-state index contributed by atoms with van der Waals surface area (Å²) >= 11 is 0. The van der Waals surface area contributed by atoms with Crippen LogP contribution in [0.1, 0.15) is 35.2 Å². The lowest BCUT2D eigenvalue weighted by Gasteiger charge is -2.26. The smallest absolute Gasteiger partial charge is 0.254 e. The van der Waals surface area contributed by atoms with Crippen molar-refractivity contribution in [1.82, 2.24) is 10.2 Å². The fourth-order valence-corrected chi connectivity index (χ4v) is 2.43. The second-order valence-electron chi connectivity index (χ2n) is 5.09. The highest BCUT2D eigenvalue weighted by atomic mass is 19.1. The molecular formula is C15H21FN2O. The standard InChI is InChI=1S/C15H21FN2O/c1-12-6-5-7-13(14(12)16)15(19)17-8-11-18-9-3-2-4-10-18/h5-7H,2-4,8-11H2,1H3,(H,17,19). The first-order valence-corrected chi connectivity index (χ1v) is 6.94. The molecule has 1 aliphatic heterocycles. The van der Waals surface area contributed by atoms with E-state index in [0.717, 1.165) is 19.6 Å². The van der Waals surface area contributed by atoms with Crippen molar-refractivity contribution in [2.75, 3.05) is 26.2 Å². The van der Waals surface area contributed by atoms with Gasteiger partial charge in [-0.15, -0.1) is 0 Å². The molecule has 1 aliphatic rings. The van der Waals surface area contributed by atoms with Crippen LogP contribution in [0.4, 0.5) is 4.39 Å². The van der Waals surface area contributed by atoms with E-state index in [4.69, 9.17) is 0 Å². The maximum absolute atomic E-state index is 13.8. The zero-order chi connectivity index (χ0) is 13.7. The quantitative estimate of drug-likeness (QED) is 0.905. The molecule has 1 fully saturated rings. The highest BCUT2D eigenvalue weighted by molar-refractivity contribution is 5.94. The first-order chi connectivity index (χ1) is 9.18. The molecule has 1 saturated heterocycles. The number of likely N-dealkylation sites (tertiary alicyclic amines) is 1. The van der Waals surface area contributed by atoms with Crippen molar-refractivity contribution >= 4 is 5.91 Å². The predicted molar refractivity (Wildman–Crippen MR) is 73.8 cm³/mol. The third kappa shape index (κ3) is 3.77. The number of halogens is 1. The summed E-state index contributed by atoms with van der Waals surface area (Å²) in [5.41, 5.74) is 0.641. The maximum Gasteiger partial charge on any atom is 0.254 e. The van der Waals surface area contributed by atoms with Crippen molar-refractivity contribution in [2.24, 2.45) is 0 Å². The third-order valence-electron chi connectivity index (χ3n) is 3.60. The van der Waals surface area contributed by atoms with Gasteiger partial charge in [-0.2, -0.15) is 0 Å². The van der Waals surface area contributed by atoms with Gasteiger partial charge >= 0.3 is 0 Å². The molecule has 1 amide bonds. The highest BCUT2D eigenvalue weighted by Crippen LogP contribution is 2.11. The van der Waals surface area contributed by atoms with Crippen LogP contribution < -0.4 is 5.32 Å². The minimum absolute atomic E-state index is 0.138. The molecule has 1 N–H and O–H groups in total. The van der Waals surface area contributed by atoms with Gasteiger partial charge in [0.25, 0.3) is 5.91 Å². The Morgan fingerprint density at radius 3 is 2.79 bits per heavy atom. The van der Waals surface area contributed by atoms with Crippen molar-refractivity contribution in [3.8, 4) is 0 Å². The summed E-state index contributed by atoms with van der Waals surface area (Å²) < 4.78 is 13.8. The summed E-state index contributed by atoms with van der Waals surface area (Å²) in [6.45, 7) is 5.30. The van der Waals surface area contributed by atoms with Crippen molar-refractivity contribution < 1.29 is 9.18 Å². The number of carbonyl (C=O) groups excluding carboxylic acids is 1. The number of amides is 1. The van der Waals surface area contributed by atoms with Crippen molar-refractivity contribution in [1.29, 1.82) is 0 Å². The van der Waals surface area contributed by atoms with Crippen LogP contribution in [-0.2, 0) is 0 Å². The number of rotatable bonds is 4. The number of nitrogens with zero attached hydrogens (tertiary/aromatic N) is 1. The predicted octanol–water partition coefficient (Wildman–Crippen LogP) is 2.35. The van der Waals surface area contributed by atoms with Crippen LogP contribution in [0.2, 0.25) is 0 Å².